The Morgan fingerprint density at radius 2 is 0.162 bits per heavy atom. The number of hydrogen-bond acceptors (Lipinski definition) is 10. The van der Waals surface area contributed by atoms with Gasteiger partial charge in [0.05, 0.1) is 0 Å². The third-order valence-corrected chi connectivity index (χ3v) is 17.4. The molecule has 9 fully saturated rings. The first-order valence-corrected chi connectivity index (χ1v) is 29.8. The molecule has 0 heterocycles. The van der Waals surface area contributed by atoms with E-state index in [1.807, 2.05) is 67.9 Å². The van der Waals surface area contributed by atoms with Gasteiger partial charge in [0.1, 0.15) is 67.9 Å². The summed E-state index contributed by atoms with van der Waals surface area (Å²) in [7, 11) is 0. The van der Waals surface area contributed by atoms with Gasteiger partial charge < -0.3 is 47.9 Å². The third-order valence-electron chi connectivity index (χ3n) is 17.4. The summed E-state index contributed by atoms with van der Waals surface area (Å²) in [5.41, 5.74) is 0. The van der Waals surface area contributed by atoms with Gasteiger partial charge >= 0.3 is 0 Å². The zero-order chi connectivity index (χ0) is 57.1. The largest absolute Gasteiger partial charge is 0.307 e. The Kier molecular flexibility index (Phi) is 82.0. The van der Waals surface area contributed by atoms with Crippen LogP contribution in [0.4, 0.5) is 0 Å². The zero-order valence-electron chi connectivity index (χ0n) is 48.3. The molecule has 0 unspecified atom stereocenters. The first-order chi connectivity index (χ1) is 36.9. The maximum absolute atomic E-state index is 8.00. The van der Waals surface area contributed by atoms with Gasteiger partial charge in [-0.3, -0.25) is 0 Å². The molecule has 0 aromatic rings. The molecule has 0 spiro atoms. The molecule has 9 saturated carbocycles. The van der Waals surface area contributed by atoms with Crippen LogP contribution in [0.15, 0.2) is 0 Å². The van der Waals surface area contributed by atoms with Gasteiger partial charge in [-0.2, -0.15) is 0 Å². The van der Waals surface area contributed by atoms with E-state index in [0.29, 0.717) is 0 Å². The van der Waals surface area contributed by atoms with Gasteiger partial charge in [-0.05, 0) is 47.3 Å². The predicted molar refractivity (Wildman–Crippen MR) is 312 cm³/mol. The van der Waals surface area contributed by atoms with Crippen molar-refractivity contribution in [1.82, 2.24) is 0 Å². The lowest BCUT2D eigenvalue weighted by Gasteiger charge is -2.32. The lowest BCUT2D eigenvalue weighted by Crippen LogP contribution is -2.20. The van der Waals surface area contributed by atoms with Crippen molar-refractivity contribution < 1.29 is 47.9 Å². The Bertz CT molecular complexity index is 765. The van der Waals surface area contributed by atoms with Crippen LogP contribution in [0, 0.1) is 47.3 Å². The molecule has 0 aromatic carbocycles. The average molecular weight is 1050 g/mol. The summed E-state index contributed by atoms with van der Waals surface area (Å²) in [5, 5.41) is 0. The Balaban J connectivity index is -0.000000181. The molecule has 74 heavy (non-hydrogen) atoms. The zero-order valence-corrected chi connectivity index (χ0v) is 48.3. The van der Waals surface area contributed by atoms with Crippen LogP contribution in [0.3, 0.4) is 0 Å². The second-order valence-electron chi connectivity index (χ2n) is 21.3. The first kappa shape index (κ1) is 82.0. The van der Waals surface area contributed by atoms with Crippen molar-refractivity contribution >= 4 is 67.9 Å². The highest BCUT2D eigenvalue weighted by Crippen LogP contribution is 2.41. The summed E-state index contributed by atoms with van der Waals surface area (Å²) < 4.78 is 0. The van der Waals surface area contributed by atoms with Crippen molar-refractivity contribution in [2.24, 2.45) is 47.3 Å². The van der Waals surface area contributed by atoms with Crippen molar-refractivity contribution in [3.63, 3.8) is 0 Å². The SMILES string of the molecule is C1CCC(C2CCCCC2)CC1.C1CCC(C2CCCCC2)CC1.C1CCC(C2CCCCC2)CC1.C1CCC(C2CCCCC2)CC1.C1CCCCC1.C=O.C=O.C=O.C=O.C=O.C=O.C=O.C=O.C=O.C=O. The first-order valence-electron chi connectivity index (χ1n) is 29.8. The van der Waals surface area contributed by atoms with Crippen LogP contribution in [0.25, 0.3) is 0 Å². The smallest absolute Gasteiger partial charge is 0.106 e. The summed E-state index contributed by atoms with van der Waals surface area (Å²) in [5.74, 6) is 9.10. The van der Waals surface area contributed by atoms with E-state index >= 15 is 0 Å². The van der Waals surface area contributed by atoms with Crippen molar-refractivity contribution in [1.29, 1.82) is 0 Å². The molecule has 10 heteroatoms. The highest BCUT2D eigenvalue weighted by atomic mass is 16.1. The Labute approximate surface area is 456 Å². The van der Waals surface area contributed by atoms with Gasteiger partial charge in [-0.15, -0.1) is 0 Å². The van der Waals surface area contributed by atoms with Crippen molar-refractivity contribution in [3.8, 4) is 0 Å². The lowest BCUT2D eigenvalue weighted by molar-refractivity contribution is -0.0987. The number of carbonyl (C=O) groups is 10. The van der Waals surface area contributed by atoms with Crippen LogP contribution in [0.5, 0.6) is 0 Å². The minimum absolute atomic E-state index is 1.14. The van der Waals surface area contributed by atoms with Crippen molar-refractivity contribution in [2.45, 2.75) is 295 Å². The second-order valence-corrected chi connectivity index (χ2v) is 21.3. The molecule has 9 rings (SSSR count). The van der Waals surface area contributed by atoms with Gasteiger partial charge in [0, 0.05) is 0 Å². The van der Waals surface area contributed by atoms with Crippen molar-refractivity contribution in [2.75, 3.05) is 0 Å². The monoisotopic (exact) mass is 1050 g/mol. The highest BCUT2D eigenvalue weighted by molar-refractivity contribution is 5.12. The topological polar surface area (TPSA) is 171 Å². The molecule has 0 radical (unpaired) electrons. The molecular weight excluding hydrogens is 929 g/mol. The standard InChI is InChI=1S/4C12H22.C6H12.10CH2O/c4*1-3-7-11(8-4-1)12-9-5-2-6-10-12;1-2-4-6-5-3-1;10*1-2/h4*11-12H,1-10H2;1-6H2;10*1H2. The van der Waals surface area contributed by atoms with Gasteiger partial charge in [0.2, 0.25) is 0 Å². The minimum Gasteiger partial charge on any atom is -0.307 e. The normalized spacial score (nSPS) is 21.3. The van der Waals surface area contributed by atoms with Gasteiger partial charge in [-0.1, -0.05) is 295 Å². The molecule has 0 aliphatic heterocycles. The van der Waals surface area contributed by atoms with Crippen LogP contribution < -0.4 is 0 Å². The lowest BCUT2D eigenvalue weighted by atomic mass is 9.73. The van der Waals surface area contributed by atoms with Crippen molar-refractivity contribution in [3.05, 3.63) is 0 Å². The fourth-order valence-corrected chi connectivity index (χ4v) is 13.9. The summed E-state index contributed by atoms with van der Waals surface area (Å²) in [6, 6.07) is 0. The predicted octanol–water partition coefficient (Wildman–Crippen LogP) is 17.1. The van der Waals surface area contributed by atoms with E-state index in [1.54, 1.807) is 103 Å². The van der Waals surface area contributed by atoms with Crippen LogP contribution in [-0.4, -0.2) is 67.9 Å². The molecule has 0 aromatic heterocycles. The van der Waals surface area contributed by atoms with Gasteiger partial charge in [-0.25, -0.2) is 0 Å². The fraction of sp³-hybridized carbons (Fsp3) is 0.844. The average Bonchev–Trinajstić information content (AvgIpc) is 3.56. The number of hydrogen-bond donors (Lipinski definition) is 0. The number of rotatable bonds is 4. The van der Waals surface area contributed by atoms with E-state index in [0.717, 1.165) is 47.3 Å². The van der Waals surface area contributed by atoms with Gasteiger partial charge in [0.25, 0.3) is 0 Å². The maximum Gasteiger partial charge on any atom is 0.106 e. The van der Waals surface area contributed by atoms with E-state index < -0.39 is 0 Å². The highest BCUT2D eigenvalue weighted by Gasteiger charge is 2.27. The molecule has 0 bridgehead atoms. The molecule has 0 N–H and O–H groups in total. The number of carbonyl (C=O) groups excluding carboxylic acids is 10. The Morgan fingerprint density at radius 1 is 0.108 bits per heavy atom. The minimum atomic E-state index is 1.14. The summed E-state index contributed by atoms with van der Waals surface area (Å²) >= 11 is 0. The summed E-state index contributed by atoms with van der Waals surface area (Å²) in [6.07, 6.45) is 70.6. The fourth-order valence-electron chi connectivity index (χ4n) is 13.9. The maximum atomic E-state index is 8.00. The summed E-state index contributed by atoms with van der Waals surface area (Å²) in [4.78, 5) is 80.0. The summed E-state index contributed by atoms with van der Waals surface area (Å²) in [6.45, 7) is 20.0. The van der Waals surface area contributed by atoms with E-state index in [1.165, 1.54) is 193 Å². The molecule has 10 nitrogen and oxygen atoms in total. The Morgan fingerprint density at radius 3 is 0.230 bits per heavy atom. The van der Waals surface area contributed by atoms with E-state index in [-0.39, 0.29) is 0 Å². The van der Waals surface area contributed by atoms with Crippen LogP contribution in [0.2, 0.25) is 0 Å². The quantitative estimate of drug-likeness (QED) is 0.264. The molecule has 9 aliphatic carbocycles. The van der Waals surface area contributed by atoms with Crippen LogP contribution >= 0.6 is 0 Å². The second kappa shape index (κ2) is 73.9. The Hall–Kier alpha value is -3.30. The molecule has 9 aliphatic rings. The molecule has 0 atom stereocenters. The van der Waals surface area contributed by atoms with E-state index in [2.05, 4.69) is 0 Å². The molecular formula is C64H120O10. The van der Waals surface area contributed by atoms with Crippen LogP contribution in [0.1, 0.15) is 295 Å². The molecule has 0 amide bonds. The van der Waals surface area contributed by atoms with Crippen LogP contribution in [-0.2, 0) is 47.9 Å². The molecule has 0 saturated heterocycles. The van der Waals surface area contributed by atoms with E-state index in [9.17, 15) is 0 Å². The van der Waals surface area contributed by atoms with Gasteiger partial charge in [0.15, 0.2) is 0 Å². The van der Waals surface area contributed by atoms with E-state index in [4.69, 9.17) is 47.9 Å². The molecule has 436 valence electrons. The third kappa shape index (κ3) is 46.0.